The van der Waals surface area contributed by atoms with Crippen LogP contribution in [0.1, 0.15) is 26.5 Å². The first-order valence-electron chi connectivity index (χ1n) is 6.97. The molecule has 0 aliphatic heterocycles. The molecule has 2 heterocycles. The molecule has 0 aliphatic rings. The van der Waals surface area contributed by atoms with E-state index < -0.39 is 11.7 Å². The molecule has 0 atom stereocenters. The first-order valence-corrected chi connectivity index (χ1v) is 7.76. The zero-order valence-corrected chi connectivity index (χ0v) is 14.7. The number of nitrogens with one attached hydrogen (secondary N) is 2. The highest BCUT2D eigenvalue weighted by Crippen LogP contribution is 2.18. The summed E-state index contributed by atoms with van der Waals surface area (Å²) in [5, 5.41) is 5.85. The van der Waals surface area contributed by atoms with Crippen molar-refractivity contribution >= 4 is 33.5 Å². The van der Waals surface area contributed by atoms with E-state index in [0.717, 1.165) is 11.3 Å². The van der Waals surface area contributed by atoms with Crippen LogP contribution in [0.3, 0.4) is 0 Å². The number of carbonyl (C=O) groups excluding carboxylic acids is 1. The van der Waals surface area contributed by atoms with Gasteiger partial charge < -0.3 is 15.4 Å². The number of hydrogen-bond donors (Lipinski definition) is 2. The number of aromatic nitrogens is 3. The van der Waals surface area contributed by atoms with Crippen LogP contribution in [0.15, 0.2) is 17.0 Å². The van der Waals surface area contributed by atoms with E-state index in [9.17, 15) is 4.79 Å². The second-order valence-corrected chi connectivity index (χ2v) is 6.67. The highest BCUT2D eigenvalue weighted by Gasteiger charge is 2.15. The summed E-state index contributed by atoms with van der Waals surface area (Å²) in [6, 6.07) is 0. The number of anilines is 1. The smallest absolute Gasteiger partial charge is 0.407 e. The molecule has 7 nitrogen and oxygen atoms in total. The molecule has 8 heteroatoms. The summed E-state index contributed by atoms with van der Waals surface area (Å²) in [7, 11) is 0. The van der Waals surface area contributed by atoms with Gasteiger partial charge in [0.25, 0.3) is 0 Å². The molecule has 0 aromatic carbocycles. The Kier molecular flexibility index (Phi) is 4.90. The van der Waals surface area contributed by atoms with E-state index in [0.29, 0.717) is 23.5 Å². The number of ether oxygens (including phenoxy) is 1. The summed E-state index contributed by atoms with van der Waals surface area (Å²) in [6.45, 7) is 8.40. The standard InChI is InChI=1S/C14H20BrN5O2/c1-9-7-18-12-11(19-10(15)8-20(9)12)16-5-6-17-13(21)22-14(2,3)4/h7-8H,5-6H2,1-4H3,(H,16,19)(H,17,21). The van der Waals surface area contributed by atoms with Crippen molar-refractivity contribution in [3.05, 3.63) is 22.7 Å². The maximum Gasteiger partial charge on any atom is 0.407 e. The predicted octanol–water partition coefficient (Wildman–Crippen LogP) is 2.74. The van der Waals surface area contributed by atoms with Gasteiger partial charge in [-0.15, -0.1) is 0 Å². The Hall–Kier alpha value is -1.83. The Morgan fingerprint density at radius 3 is 2.82 bits per heavy atom. The van der Waals surface area contributed by atoms with Crippen LogP contribution < -0.4 is 10.6 Å². The number of halogens is 1. The maximum atomic E-state index is 11.5. The third kappa shape index (κ3) is 4.33. The van der Waals surface area contributed by atoms with Gasteiger partial charge in [0.2, 0.25) is 0 Å². The quantitative estimate of drug-likeness (QED) is 0.809. The molecule has 0 saturated heterocycles. The van der Waals surface area contributed by atoms with Crippen LogP contribution in [0, 0.1) is 6.92 Å². The summed E-state index contributed by atoms with van der Waals surface area (Å²) in [5.41, 5.74) is 1.27. The van der Waals surface area contributed by atoms with Crippen molar-refractivity contribution in [2.75, 3.05) is 18.4 Å². The lowest BCUT2D eigenvalue weighted by Crippen LogP contribution is -2.35. The van der Waals surface area contributed by atoms with Gasteiger partial charge in [0.1, 0.15) is 10.2 Å². The van der Waals surface area contributed by atoms with Crippen molar-refractivity contribution in [1.82, 2.24) is 19.7 Å². The van der Waals surface area contributed by atoms with Gasteiger partial charge in [-0.3, -0.25) is 4.40 Å². The molecule has 0 aliphatic carbocycles. The lowest BCUT2D eigenvalue weighted by atomic mass is 10.2. The van der Waals surface area contributed by atoms with Crippen molar-refractivity contribution in [3.63, 3.8) is 0 Å². The molecule has 120 valence electrons. The SMILES string of the molecule is Cc1cnc2c(NCCNC(=O)OC(C)(C)C)nc(Br)cn12. The van der Waals surface area contributed by atoms with E-state index in [-0.39, 0.29) is 0 Å². The average Bonchev–Trinajstić information content (AvgIpc) is 2.74. The summed E-state index contributed by atoms with van der Waals surface area (Å²) in [4.78, 5) is 20.2. The number of carbonyl (C=O) groups is 1. The van der Waals surface area contributed by atoms with E-state index in [4.69, 9.17) is 4.74 Å². The third-order valence-electron chi connectivity index (χ3n) is 2.73. The molecule has 2 rings (SSSR count). The van der Waals surface area contributed by atoms with Gasteiger partial charge in [0.15, 0.2) is 11.5 Å². The van der Waals surface area contributed by atoms with Crippen LogP contribution in [-0.2, 0) is 4.74 Å². The minimum atomic E-state index is -0.497. The minimum Gasteiger partial charge on any atom is -0.444 e. The van der Waals surface area contributed by atoms with Crippen molar-refractivity contribution in [3.8, 4) is 0 Å². The molecule has 0 radical (unpaired) electrons. The molecular weight excluding hydrogens is 350 g/mol. The van der Waals surface area contributed by atoms with Gasteiger partial charge in [-0.25, -0.2) is 14.8 Å². The Morgan fingerprint density at radius 2 is 2.14 bits per heavy atom. The number of amides is 1. The molecule has 0 spiro atoms. The molecule has 0 unspecified atom stereocenters. The predicted molar refractivity (Wildman–Crippen MR) is 88.2 cm³/mol. The average molecular weight is 370 g/mol. The van der Waals surface area contributed by atoms with Gasteiger partial charge in [0.05, 0.1) is 0 Å². The number of fused-ring (bicyclic) bond motifs is 1. The molecule has 0 fully saturated rings. The van der Waals surface area contributed by atoms with E-state index >= 15 is 0 Å². The number of alkyl carbamates (subject to hydrolysis) is 1. The van der Waals surface area contributed by atoms with Crippen LogP contribution >= 0.6 is 15.9 Å². The molecule has 22 heavy (non-hydrogen) atoms. The summed E-state index contributed by atoms with van der Waals surface area (Å²) in [5.74, 6) is 0.661. The van der Waals surface area contributed by atoms with Crippen LogP contribution in [0.2, 0.25) is 0 Å². The van der Waals surface area contributed by atoms with Gasteiger partial charge in [-0.1, -0.05) is 0 Å². The van der Waals surface area contributed by atoms with Crippen molar-refractivity contribution in [2.24, 2.45) is 0 Å². The summed E-state index contributed by atoms with van der Waals surface area (Å²) in [6.07, 6.45) is 3.22. The number of imidazole rings is 1. The van der Waals surface area contributed by atoms with Crippen LogP contribution in [0.25, 0.3) is 5.65 Å². The lowest BCUT2D eigenvalue weighted by Gasteiger charge is -2.19. The molecule has 2 aromatic heterocycles. The van der Waals surface area contributed by atoms with E-state index in [1.165, 1.54) is 0 Å². The van der Waals surface area contributed by atoms with Gasteiger partial charge in [-0.05, 0) is 43.6 Å². The highest BCUT2D eigenvalue weighted by atomic mass is 79.9. The maximum absolute atomic E-state index is 11.5. The third-order valence-corrected chi connectivity index (χ3v) is 3.12. The zero-order chi connectivity index (χ0) is 16.3. The van der Waals surface area contributed by atoms with Crippen LogP contribution in [0.4, 0.5) is 10.6 Å². The van der Waals surface area contributed by atoms with Crippen molar-refractivity contribution < 1.29 is 9.53 Å². The fourth-order valence-electron chi connectivity index (χ4n) is 1.85. The largest absolute Gasteiger partial charge is 0.444 e. The number of hydrogen-bond acceptors (Lipinski definition) is 5. The van der Waals surface area contributed by atoms with E-state index in [1.54, 1.807) is 6.20 Å². The summed E-state index contributed by atoms with van der Waals surface area (Å²) < 4.78 is 7.82. The Labute approximate surface area is 137 Å². The Bertz CT molecular complexity index is 678. The number of aryl methyl sites for hydroxylation is 1. The molecule has 0 saturated carbocycles. The normalized spacial score (nSPS) is 11.5. The topological polar surface area (TPSA) is 80.5 Å². The fraction of sp³-hybridized carbons (Fsp3) is 0.500. The van der Waals surface area contributed by atoms with E-state index in [1.807, 2.05) is 38.3 Å². The highest BCUT2D eigenvalue weighted by molar-refractivity contribution is 9.10. The molecular formula is C14H20BrN5O2. The minimum absolute atomic E-state index is 0.426. The van der Waals surface area contributed by atoms with Gasteiger partial charge >= 0.3 is 6.09 Å². The molecule has 2 N–H and O–H groups in total. The fourth-order valence-corrected chi connectivity index (χ4v) is 2.24. The van der Waals surface area contributed by atoms with Crippen molar-refractivity contribution in [2.45, 2.75) is 33.3 Å². The monoisotopic (exact) mass is 369 g/mol. The molecule has 1 amide bonds. The lowest BCUT2D eigenvalue weighted by molar-refractivity contribution is 0.0530. The van der Waals surface area contributed by atoms with Gasteiger partial charge in [-0.2, -0.15) is 0 Å². The first-order chi connectivity index (χ1) is 10.3. The first kappa shape index (κ1) is 16.5. The Morgan fingerprint density at radius 1 is 1.41 bits per heavy atom. The van der Waals surface area contributed by atoms with Crippen molar-refractivity contribution in [1.29, 1.82) is 0 Å². The second kappa shape index (κ2) is 6.51. The molecule has 2 aromatic rings. The van der Waals surface area contributed by atoms with E-state index in [2.05, 4.69) is 36.5 Å². The summed E-state index contributed by atoms with van der Waals surface area (Å²) >= 11 is 3.38. The van der Waals surface area contributed by atoms with Crippen LogP contribution in [0.5, 0.6) is 0 Å². The second-order valence-electron chi connectivity index (χ2n) is 5.86. The zero-order valence-electron chi connectivity index (χ0n) is 13.1. The molecule has 0 bridgehead atoms. The number of rotatable bonds is 4. The van der Waals surface area contributed by atoms with Crippen LogP contribution in [-0.4, -0.2) is 39.2 Å². The van der Waals surface area contributed by atoms with Gasteiger partial charge in [0, 0.05) is 31.2 Å². The number of nitrogens with zero attached hydrogens (tertiary/aromatic N) is 3. The Balaban J connectivity index is 1.91.